The number of ether oxygens (including phenoxy) is 2. The van der Waals surface area contributed by atoms with Gasteiger partial charge in [0.1, 0.15) is 0 Å². The normalized spacial score (nSPS) is 13.8. The largest absolute Gasteiger partial charge is 0.478 e. The summed E-state index contributed by atoms with van der Waals surface area (Å²) in [5.41, 5.74) is 6.54. The molecule has 0 aliphatic heterocycles. The van der Waals surface area contributed by atoms with Crippen molar-refractivity contribution in [2.45, 2.75) is 58.3 Å². The number of aromatic nitrogens is 2. The van der Waals surface area contributed by atoms with Crippen molar-refractivity contribution >= 4 is 5.97 Å². The minimum absolute atomic E-state index is 0.110. The lowest BCUT2D eigenvalue weighted by molar-refractivity contribution is -0.146. The lowest BCUT2D eigenvalue weighted by Crippen LogP contribution is -2.23. The van der Waals surface area contributed by atoms with E-state index in [1.54, 1.807) is 0 Å². The molecule has 1 aliphatic rings. The van der Waals surface area contributed by atoms with E-state index in [9.17, 15) is 4.79 Å². The first-order valence-corrected chi connectivity index (χ1v) is 13.5. The molecule has 2 aromatic carbocycles. The molecule has 0 N–H and O–H groups in total. The van der Waals surface area contributed by atoms with Gasteiger partial charge in [-0.1, -0.05) is 73.1 Å². The van der Waals surface area contributed by atoms with Gasteiger partial charge in [0.15, 0.2) is 5.76 Å². The van der Waals surface area contributed by atoms with E-state index in [0.29, 0.717) is 25.5 Å². The first kappa shape index (κ1) is 25.7. The van der Waals surface area contributed by atoms with E-state index in [1.807, 2.05) is 32.0 Å². The molecule has 0 atom stereocenters. The van der Waals surface area contributed by atoms with E-state index in [-0.39, 0.29) is 5.97 Å². The summed E-state index contributed by atoms with van der Waals surface area (Å²) < 4.78 is 16.8. The van der Waals surface area contributed by atoms with Gasteiger partial charge in [-0.15, -0.1) is 0 Å². The van der Waals surface area contributed by atoms with Crippen molar-refractivity contribution in [2.24, 2.45) is 0 Å². The van der Waals surface area contributed by atoms with Gasteiger partial charge in [-0.3, -0.25) is 4.79 Å². The molecule has 0 saturated heterocycles. The van der Waals surface area contributed by atoms with Crippen molar-refractivity contribution in [1.82, 2.24) is 10.1 Å². The number of esters is 1. The highest BCUT2D eigenvalue weighted by molar-refractivity contribution is 5.87. The van der Waals surface area contributed by atoms with Crippen LogP contribution in [0.5, 0.6) is 5.88 Å². The molecule has 4 aromatic rings. The zero-order valence-corrected chi connectivity index (χ0v) is 22.3. The highest BCUT2D eigenvalue weighted by Gasteiger charge is 2.52. The summed E-state index contributed by atoms with van der Waals surface area (Å²) in [7, 11) is 0. The quantitative estimate of drug-likeness (QED) is 0.159. The molecule has 5 rings (SSSR count). The molecular weight excluding hydrogens is 476 g/mol. The smallest absolute Gasteiger partial charge is 0.316 e. The number of hydrogen-bond acceptors (Lipinski definition) is 6. The molecular formula is C32H34N2O4. The van der Waals surface area contributed by atoms with Crippen molar-refractivity contribution < 1.29 is 18.8 Å². The first-order valence-electron chi connectivity index (χ1n) is 13.5. The van der Waals surface area contributed by atoms with E-state index in [2.05, 4.69) is 65.6 Å². The fourth-order valence-electron chi connectivity index (χ4n) is 4.76. The van der Waals surface area contributed by atoms with E-state index < -0.39 is 5.41 Å². The van der Waals surface area contributed by atoms with Gasteiger partial charge in [-0.05, 0) is 55.9 Å². The molecule has 0 amide bonds. The van der Waals surface area contributed by atoms with Crippen LogP contribution < -0.4 is 4.74 Å². The SMILES string of the molecule is CCCCOc1cccc(Cc2c(C)noc2-c2ccc(-c3ccc(C4(C(=O)OCC)CC4)cc3)cc2)n1. The molecule has 6 heteroatoms. The summed E-state index contributed by atoms with van der Waals surface area (Å²) in [6, 6.07) is 22.4. The van der Waals surface area contributed by atoms with Gasteiger partial charge < -0.3 is 14.0 Å². The monoisotopic (exact) mass is 510 g/mol. The van der Waals surface area contributed by atoms with Crippen LogP contribution in [0.1, 0.15) is 62.0 Å². The Morgan fingerprint density at radius 3 is 2.29 bits per heavy atom. The Hall–Kier alpha value is -3.93. The second-order valence-electron chi connectivity index (χ2n) is 9.88. The molecule has 1 aliphatic carbocycles. The van der Waals surface area contributed by atoms with Crippen LogP contribution in [0.3, 0.4) is 0 Å². The Morgan fingerprint density at radius 2 is 1.63 bits per heavy atom. The Morgan fingerprint density at radius 1 is 0.947 bits per heavy atom. The van der Waals surface area contributed by atoms with Crippen LogP contribution in [0.2, 0.25) is 0 Å². The number of unbranched alkanes of at least 4 members (excludes halogenated alkanes) is 1. The Labute approximate surface area is 224 Å². The van der Waals surface area contributed by atoms with Gasteiger partial charge >= 0.3 is 5.97 Å². The molecule has 2 aromatic heterocycles. The summed E-state index contributed by atoms with van der Waals surface area (Å²) >= 11 is 0. The van der Waals surface area contributed by atoms with Crippen LogP contribution in [0.4, 0.5) is 0 Å². The fraction of sp³-hybridized carbons (Fsp3) is 0.344. The van der Waals surface area contributed by atoms with Gasteiger partial charge in [0.2, 0.25) is 5.88 Å². The van der Waals surface area contributed by atoms with Crippen LogP contribution in [0.15, 0.2) is 71.3 Å². The highest BCUT2D eigenvalue weighted by Crippen LogP contribution is 2.49. The Bertz CT molecular complexity index is 1390. The maximum absolute atomic E-state index is 12.4. The molecule has 2 heterocycles. The molecule has 6 nitrogen and oxygen atoms in total. The molecule has 0 bridgehead atoms. The summed E-state index contributed by atoms with van der Waals surface area (Å²) in [4.78, 5) is 17.1. The highest BCUT2D eigenvalue weighted by atomic mass is 16.5. The zero-order chi connectivity index (χ0) is 26.5. The van der Waals surface area contributed by atoms with Crippen LogP contribution in [-0.4, -0.2) is 29.3 Å². The van der Waals surface area contributed by atoms with Crippen molar-refractivity contribution in [3.8, 4) is 28.3 Å². The van der Waals surface area contributed by atoms with Gasteiger partial charge in [-0.2, -0.15) is 0 Å². The lowest BCUT2D eigenvalue weighted by atomic mass is 9.93. The maximum atomic E-state index is 12.4. The van der Waals surface area contributed by atoms with Crippen molar-refractivity contribution in [2.75, 3.05) is 13.2 Å². The third kappa shape index (κ3) is 5.35. The zero-order valence-electron chi connectivity index (χ0n) is 22.3. The predicted molar refractivity (Wildman–Crippen MR) is 147 cm³/mol. The first-order chi connectivity index (χ1) is 18.5. The van der Waals surface area contributed by atoms with Gasteiger partial charge in [0, 0.05) is 29.3 Å². The minimum Gasteiger partial charge on any atom is -0.478 e. The van der Waals surface area contributed by atoms with Gasteiger partial charge in [-0.25, -0.2) is 4.98 Å². The van der Waals surface area contributed by atoms with E-state index in [1.165, 1.54) is 0 Å². The summed E-state index contributed by atoms with van der Waals surface area (Å²) in [6.07, 6.45) is 4.41. The summed E-state index contributed by atoms with van der Waals surface area (Å²) in [5.74, 6) is 1.30. The second-order valence-corrected chi connectivity index (χ2v) is 9.88. The van der Waals surface area contributed by atoms with Crippen LogP contribution in [-0.2, 0) is 21.4 Å². The number of benzene rings is 2. The average molecular weight is 511 g/mol. The number of pyridine rings is 1. The summed E-state index contributed by atoms with van der Waals surface area (Å²) in [6.45, 7) is 7.04. The topological polar surface area (TPSA) is 74.5 Å². The van der Waals surface area contributed by atoms with E-state index >= 15 is 0 Å². The second kappa shape index (κ2) is 11.2. The van der Waals surface area contributed by atoms with Crippen molar-refractivity contribution in [3.05, 3.63) is 89.2 Å². The third-order valence-electron chi connectivity index (χ3n) is 7.21. The number of nitrogens with zero attached hydrogens (tertiary/aromatic N) is 2. The van der Waals surface area contributed by atoms with Crippen LogP contribution >= 0.6 is 0 Å². The maximum Gasteiger partial charge on any atom is 0.316 e. The van der Waals surface area contributed by atoms with Crippen molar-refractivity contribution in [1.29, 1.82) is 0 Å². The number of aryl methyl sites for hydroxylation is 1. The molecule has 1 saturated carbocycles. The van der Waals surface area contributed by atoms with Crippen LogP contribution in [0, 0.1) is 6.92 Å². The molecule has 1 fully saturated rings. The molecule has 0 radical (unpaired) electrons. The van der Waals surface area contributed by atoms with E-state index in [0.717, 1.165) is 70.6 Å². The third-order valence-corrected chi connectivity index (χ3v) is 7.21. The average Bonchev–Trinajstić information content (AvgIpc) is 3.68. The standard InChI is InChI=1S/C32H34N2O4/c1-4-6-20-37-29-9-7-8-27(33-29)21-28-22(3)34-38-30(28)25-12-10-23(11-13-25)24-14-16-26(17-15-24)32(18-19-32)31(35)36-5-2/h7-17H,4-6,18-21H2,1-3H3. The predicted octanol–water partition coefficient (Wildman–Crippen LogP) is 7.08. The Balaban J connectivity index is 1.32. The van der Waals surface area contributed by atoms with Crippen LogP contribution in [0.25, 0.3) is 22.5 Å². The number of rotatable bonds is 11. The van der Waals surface area contributed by atoms with Crippen molar-refractivity contribution in [3.63, 3.8) is 0 Å². The van der Waals surface area contributed by atoms with Gasteiger partial charge in [0.05, 0.1) is 24.3 Å². The number of carbonyl (C=O) groups is 1. The minimum atomic E-state index is -0.449. The van der Waals surface area contributed by atoms with Gasteiger partial charge in [0.25, 0.3) is 0 Å². The molecule has 38 heavy (non-hydrogen) atoms. The molecule has 196 valence electrons. The van der Waals surface area contributed by atoms with E-state index in [4.69, 9.17) is 14.0 Å². The lowest BCUT2D eigenvalue weighted by Gasteiger charge is -2.14. The fourth-order valence-corrected chi connectivity index (χ4v) is 4.76. The number of hydrogen-bond donors (Lipinski definition) is 0. The molecule has 0 unspecified atom stereocenters. The summed E-state index contributed by atoms with van der Waals surface area (Å²) in [5, 5.41) is 4.25. The number of carbonyl (C=O) groups excluding carboxylic acids is 1. The Kier molecular flexibility index (Phi) is 7.59. The molecule has 0 spiro atoms.